The largest absolute Gasteiger partial charge is 0.504 e. The van der Waals surface area contributed by atoms with Gasteiger partial charge in [0.1, 0.15) is 0 Å². The lowest BCUT2D eigenvalue weighted by molar-refractivity contribution is -0.384. The van der Waals surface area contributed by atoms with Crippen LogP contribution < -0.4 is 20.8 Å². The van der Waals surface area contributed by atoms with Crippen LogP contribution in [0.5, 0.6) is 11.5 Å². The molecule has 0 bridgehead atoms. The number of hydrogen-bond acceptors (Lipinski definition) is 11. The van der Waals surface area contributed by atoms with Crippen LogP contribution in [0.3, 0.4) is 0 Å². The Labute approximate surface area is 205 Å². The maximum Gasteiger partial charge on any atom is 0.269 e. The highest BCUT2D eigenvalue weighted by molar-refractivity contribution is 5.81. The number of nitro groups is 1. The number of hydrogen-bond donors (Lipinski definition) is 4. The lowest BCUT2D eigenvalue weighted by Crippen LogP contribution is -2.07. The minimum absolute atomic E-state index is 0.00453. The highest BCUT2D eigenvalue weighted by Gasteiger charge is 2.09. The smallest absolute Gasteiger partial charge is 0.269 e. The molecule has 0 aliphatic heterocycles. The standard InChI is InChI=1S/C24H22N8O4/c1-2-36-21-13-8-16(14-20(21)33)15-25-31-24-29-22(26-17-6-4-3-5-7-17)28-23(30-24)27-18-9-11-19(12-10-18)32(34)35/h3-15,33H,2H2,1H3,(H3,26,27,28,29,30,31)/b25-15+. The summed E-state index contributed by atoms with van der Waals surface area (Å²) in [6.45, 7) is 2.27. The van der Waals surface area contributed by atoms with Crippen molar-refractivity contribution in [1.29, 1.82) is 0 Å². The second-order valence-corrected chi connectivity index (χ2v) is 7.26. The molecule has 0 atom stereocenters. The highest BCUT2D eigenvalue weighted by atomic mass is 16.6. The normalized spacial score (nSPS) is 10.7. The van der Waals surface area contributed by atoms with E-state index in [1.165, 1.54) is 24.4 Å². The third-order valence-corrected chi connectivity index (χ3v) is 4.66. The third kappa shape index (κ3) is 6.41. The number of phenolic OH excluding ortho intramolecular Hbond substituents is 1. The predicted octanol–water partition coefficient (Wildman–Crippen LogP) is 4.82. The fourth-order valence-electron chi connectivity index (χ4n) is 3.04. The third-order valence-electron chi connectivity index (χ3n) is 4.66. The molecule has 3 aromatic carbocycles. The van der Waals surface area contributed by atoms with Crippen LogP contribution in [0, 0.1) is 10.1 Å². The molecule has 0 unspecified atom stereocenters. The van der Waals surface area contributed by atoms with Crippen LogP contribution in [0.15, 0.2) is 77.9 Å². The summed E-state index contributed by atoms with van der Waals surface area (Å²) in [5.74, 6) is 0.966. The number of aromatic nitrogens is 3. The number of nitrogens with zero attached hydrogens (tertiary/aromatic N) is 5. The second kappa shape index (κ2) is 11.2. The Morgan fingerprint density at radius 3 is 2.19 bits per heavy atom. The van der Waals surface area contributed by atoms with E-state index in [1.54, 1.807) is 24.3 Å². The molecule has 0 aliphatic rings. The van der Waals surface area contributed by atoms with Gasteiger partial charge >= 0.3 is 0 Å². The van der Waals surface area contributed by atoms with E-state index in [1.807, 2.05) is 37.3 Å². The van der Waals surface area contributed by atoms with Crippen molar-refractivity contribution in [3.63, 3.8) is 0 Å². The van der Waals surface area contributed by atoms with Gasteiger partial charge in [-0.3, -0.25) is 10.1 Å². The SMILES string of the molecule is CCOc1ccc(/C=N/Nc2nc(Nc3ccccc3)nc(Nc3ccc([N+](=O)[O-])cc3)n2)cc1O. The molecule has 1 aromatic heterocycles. The van der Waals surface area contributed by atoms with Gasteiger partial charge in [0, 0.05) is 23.5 Å². The van der Waals surface area contributed by atoms with E-state index < -0.39 is 4.92 Å². The first-order valence-corrected chi connectivity index (χ1v) is 10.8. The Morgan fingerprint density at radius 1 is 0.944 bits per heavy atom. The number of para-hydroxylation sites is 1. The zero-order valence-electron chi connectivity index (χ0n) is 19.1. The van der Waals surface area contributed by atoms with Gasteiger partial charge in [0.2, 0.25) is 17.8 Å². The number of phenols is 1. The Balaban J connectivity index is 1.55. The second-order valence-electron chi connectivity index (χ2n) is 7.26. The van der Waals surface area contributed by atoms with Crippen molar-refractivity contribution in [3.8, 4) is 11.5 Å². The average Bonchev–Trinajstić information content (AvgIpc) is 2.87. The van der Waals surface area contributed by atoms with Crippen molar-refractivity contribution in [1.82, 2.24) is 15.0 Å². The molecule has 0 aliphatic carbocycles. The average molecular weight is 486 g/mol. The number of non-ortho nitro benzene ring substituents is 1. The molecular weight excluding hydrogens is 464 g/mol. The first-order valence-electron chi connectivity index (χ1n) is 10.8. The zero-order chi connectivity index (χ0) is 25.3. The molecule has 36 heavy (non-hydrogen) atoms. The van der Waals surface area contributed by atoms with Crippen LogP contribution in [0.2, 0.25) is 0 Å². The topological polar surface area (TPSA) is 160 Å². The fraction of sp³-hybridized carbons (Fsp3) is 0.0833. The molecule has 1 heterocycles. The number of aromatic hydroxyl groups is 1. The van der Waals surface area contributed by atoms with E-state index in [0.717, 1.165) is 5.69 Å². The molecule has 12 nitrogen and oxygen atoms in total. The summed E-state index contributed by atoms with van der Waals surface area (Å²) in [6.07, 6.45) is 1.49. The van der Waals surface area contributed by atoms with E-state index in [0.29, 0.717) is 23.6 Å². The number of anilines is 5. The predicted molar refractivity (Wildman–Crippen MR) is 136 cm³/mol. The molecule has 4 aromatic rings. The van der Waals surface area contributed by atoms with Gasteiger partial charge in [-0.25, -0.2) is 5.43 Å². The molecule has 0 saturated carbocycles. The number of hydrazone groups is 1. The number of nitro benzene ring substituents is 1. The summed E-state index contributed by atoms with van der Waals surface area (Å²) in [4.78, 5) is 23.5. The van der Waals surface area contributed by atoms with Crippen LogP contribution in [0.4, 0.5) is 34.9 Å². The van der Waals surface area contributed by atoms with Gasteiger partial charge in [-0.2, -0.15) is 20.1 Å². The van der Waals surface area contributed by atoms with Crippen LogP contribution >= 0.6 is 0 Å². The van der Waals surface area contributed by atoms with E-state index in [-0.39, 0.29) is 29.3 Å². The molecule has 4 rings (SSSR count). The Morgan fingerprint density at radius 2 is 1.58 bits per heavy atom. The molecule has 0 fully saturated rings. The van der Waals surface area contributed by atoms with Gasteiger partial charge in [0.05, 0.1) is 17.7 Å². The molecule has 0 radical (unpaired) electrons. The van der Waals surface area contributed by atoms with Gasteiger partial charge in [-0.1, -0.05) is 18.2 Å². The monoisotopic (exact) mass is 486 g/mol. The first-order chi connectivity index (χ1) is 17.5. The van der Waals surface area contributed by atoms with Crippen molar-refractivity contribution in [2.75, 3.05) is 22.7 Å². The van der Waals surface area contributed by atoms with Crippen LogP contribution in [0.25, 0.3) is 0 Å². The number of nitrogens with one attached hydrogen (secondary N) is 3. The van der Waals surface area contributed by atoms with Crippen molar-refractivity contribution < 1.29 is 14.8 Å². The van der Waals surface area contributed by atoms with Crippen LogP contribution in [-0.2, 0) is 0 Å². The Bertz CT molecular complexity index is 1360. The summed E-state index contributed by atoms with van der Waals surface area (Å²) >= 11 is 0. The van der Waals surface area contributed by atoms with Gasteiger partial charge < -0.3 is 20.5 Å². The van der Waals surface area contributed by atoms with E-state index in [2.05, 4.69) is 36.1 Å². The fourth-order valence-corrected chi connectivity index (χ4v) is 3.04. The molecule has 12 heteroatoms. The van der Waals surface area contributed by atoms with Crippen molar-refractivity contribution >= 4 is 41.1 Å². The lowest BCUT2D eigenvalue weighted by atomic mass is 10.2. The first kappa shape index (κ1) is 23.9. The number of benzene rings is 3. The minimum atomic E-state index is -0.473. The van der Waals surface area contributed by atoms with Gasteiger partial charge in [-0.15, -0.1) is 0 Å². The van der Waals surface area contributed by atoms with Gasteiger partial charge in [-0.05, 0) is 55.0 Å². The van der Waals surface area contributed by atoms with Gasteiger partial charge in [0.15, 0.2) is 11.5 Å². The molecule has 182 valence electrons. The van der Waals surface area contributed by atoms with Gasteiger partial charge in [0.25, 0.3) is 5.69 Å². The minimum Gasteiger partial charge on any atom is -0.504 e. The number of rotatable bonds is 10. The van der Waals surface area contributed by atoms with E-state index >= 15 is 0 Å². The molecule has 0 spiro atoms. The van der Waals surface area contributed by atoms with Crippen LogP contribution in [-0.4, -0.2) is 37.8 Å². The van der Waals surface area contributed by atoms with E-state index in [9.17, 15) is 15.2 Å². The van der Waals surface area contributed by atoms with Crippen molar-refractivity contribution in [2.45, 2.75) is 6.92 Å². The number of ether oxygens (including phenoxy) is 1. The Hall–Kier alpha value is -5.26. The highest BCUT2D eigenvalue weighted by Crippen LogP contribution is 2.26. The van der Waals surface area contributed by atoms with Crippen molar-refractivity contribution in [2.24, 2.45) is 5.10 Å². The van der Waals surface area contributed by atoms with E-state index in [4.69, 9.17) is 4.74 Å². The maximum atomic E-state index is 10.9. The quantitative estimate of drug-likeness (QED) is 0.139. The summed E-state index contributed by atoms with van der Waals surface area (Å²) in [5, 5.41) is 31.2. The maximum absolute atomic E-state index is 10.9. The molecule has 0 amide bonds. The lowest BCUT2D eigenvalue weighted by Gasteiger charge is -2.10. The summed E-state index contributed by atoms with van der Waals surface area (Å²) < 4.78 is 5.32. The summed E-state index contributed by atoms with van der Waals surface area (Å²) in [6, 6.07) is 20.1. The summed E-state index contributed by atoms with van der Waals surface area (Å²) in [5.41, 5.74) is 4.68. The Kier molecular flexibility index (Phi) is 7.46. The van der Waals surface area contributed by atoms with Crippen molar-refractivity contribution in [3.05, 3.63) is 88.5 Å². The molecule has 0 saturated heterocycles. The zero-order valence-corrected chi connectivity index (χ0v) is 19.1. The summed E-state index contributed by atoms with van der Waals surface area (Å²) in [7, 11) is 0. The molecule has 4 N–H and O–H groups in total. The molecular formula is C24H22N8O4. The van der Waals surface area contributed by atoms with Crippen LogP contribution in [0.1, 0.15) is 12.5 Å².